The Balaban J connectivity index is 1.79. The van der Waals surface area contributed by atoms with E-state index in [0.717, 1.165) is 29.9 Å². The van der Waals surface area contributed by atoms with Crippen LogP contribution >= 0.6 is 23.2 Å². The van der Waals surface area contributed by atoms with Gasteiger partial charge in [0.05, 0.1) is 11.6 Å². The maximum Gasteiger partial charge on any atom is 0.147 e. The van der Waals surface area contributed by atoms with Crippen molar-refractivity contribution in [1.29, 1.82) is 0 Å². The van der Waals surface area contributed by atoms with Crippen molar-refractivity contribution >= 4 is 23.2 Å². The minimum Gasteiger partial charge on any atom is -0.494 e. The van der Waals surface area contributed by atoms with Gasteiger partial charge in [-0.05, 0) is 30.2 Å². The lowest BCUT2D eigenvalue weighted by Crippen LogP contribution is -1.97. The number of benzene rings is 1. The van der Waals surface area contributed by atoms with Gasteiger partial charge in [0.2, 0.25) is 0 Å². The van der Waals surface area contributed by atoms with Gasteiger partial charge in [-0.2, -0.15) is 0 Å². The van der Waals surface area contributed by atoms with Gasteiger partial charge in [0, 0.05) is 11.8 Å². The van der Waals surface area contributed by atoms with Crippen molar-refractivity contribution in [2.45, 2.75) is 45.4 Å². The predicted octanol–water partition coefficient (Wildman–Crippen LogP) is 6.79. The third-order valence-electron chi connectivity index (χ3n) is 3.75. The van der Waals surface area contributed by atoms with Crippen LogP contribution in [0.3, 0.4) is 0 Å². The largest absolute Gasteiger partial charge is 0.494 e. The zero-order valence-electron chi connectivity index (χ0n) is 13.5. The first-order valence-corrected chi connectivity index (χ1v) is 9.00. The average Bonchev–Trinajstić information content (AvgIpc) is 2.57. The van der Waals surface area contributed by atoms with Crippen LogP contribution in [0.2, 0.25) is 10.2 Å². The molecule has 124 valence electrons. The van der Waals surface area contributed by atoms with Crippen LogP contribution in [0, 0.1) is 0 Å². The molecule has 0 N–H and O–H groups in total. The fraction of sp³-hybridized carbons (Fsp3) is 0.421. The molecule has 1 heterocycles. The summed E-state index contributed by atoms with van der Waals surface area (Å²) in [5.74, 6) is 0.898. The highest BCUT2D eigenvalue weighted by Gasteiger charge is 2.04. The molecular weight excluding hydrogens is 329 g/mol. The number of pyridine rings is 1. The van der Waals surface area contributed by atoms with Gasteiger partial charge in [0.1, 0.15) is 10.9 Å². The summed E-state index contributed by atoms with van der Waals surface area (Å²) in [6.45, 7) is 3.01. The Morgan fingerprint density at radius 2 is 1.61 bits per heavy atom. The number of nitrogens with zero attached hydrogens (tertiary/aromatic N) is 1. The Bertz CT molecular complexity index is 599. The van der Waals surface area contributed by atoms with Crippen LogP contribution in [0.5, 0.6) is 5.75 Å². The van der Waals surface area contributed by atoms with Gasteiger partial charge in [0.15, 0.2) is 0 Å². The van der Waals surface area contributed by atoms with E-state index in [1.807, 2.05) is 30.3 Å². The number of hydrogen-bond acceptors (Lipinski definition) is 2. The summed E-state index contributed by atoms with van der Waals surface area (Å²) >= 11 is 11.8. The standard InChI is InChI=1S/C19H23Cl2NO/c1-2-3-4-5-6-7-12-23-17-10-8-15(9-11-17)16-13-18(20)19(21)22-14-16/h8-11,13-14H,2-7,12H2,1H3. The Kier molecular flexibility index (Phi) is 7.70. The minimum atomic E-state index is 0.328. The van der Waals surface area contributed by atoms with Crippen LogP contribution in [0.25, 0.3) is 11.1 Å². The molecule has 0 atom stereocenters. The number of aromatic nitrogens is 1. The van der Waals surface area contributed by atoms with Crippen molar-refractivity contribution in [3.63, 3.8) is 0 Å². The van der Waals surface area contributed by atoms with Crippen LogP contribution in [0.1, 0.15) is 45.4 Å². The van der Waals surface area contributed by atoms with E-state index in [9.17, 15) is 0 Å². The smallest absolute Gasteiger partial charge is 0.147 e. The molecule has 0 saturated heterocycles. The summed E-state index contributed by atoms with van der Waals surface area (Å²) in [5.41, 5.74) is 1.99. The summed E-state index contributed by atoms with van der Waals surface area (Å²) in [5, 5.41) is 0.793. The number of ether oxygens (including phenoxy) is 1. The second-order valence-corrected chi connectivity index (χ2v) is 6.40. The third-order valence-corrected chi connectivity index (χ3v) is 4.44. The minimum absolute atomic E-state index is 0.328. The molecular formula is C19H23Cl2NO. The average molecular weight is 352 g/mol. The van der Waals surface area contributed by atoms with Gasteiger partial charge in [-0.3, -0.25) is 0 Å². The fourth-order valence-corrected chi connectivity index (χ4v) is 2.66. The molecule has 0 amide bonds. The van der Waals surface area contributed by atoms with E-state index in [0.29, 0.717) is 10.2 Å². The van der Waals surface area contributed by atoms with Gasteiger partial charge in [-0.1, -0.05) is 74.4 Å². The van der Waals surface area contributed by atoms with Gasteiger partial charge in [0.25, 0.3) is 0 Å². The summed E-state index contributed by atoms with van der Waals surface area (Å²) in [4.78, 5) is 4.07. The number of halogens is 2. The van der Waals surface area contributed by atoms with E-state index in [2.05, 4.69) is 11.9 Å². The van der Waals surface area contributed by atoms with Crippen LogP contribution in [0.15, 0.2) is 36.5 Å². The van der Waals surface area contributed by atoms with Crippen molar-refractivity contribution in [3.8, 4) is 16.9 Å². The van der Waals surface area contributed by atoms with E-state index < -0.39 is 0 Å². The Morgan fingerprint density at radius 1 is 0.913 bits per heavy atom. The molecule has 0 spiro atoms. The molecule has 0 radical (unpaired) electrons. The van der Waals surface area contributed by atoms with Crippen LogP contribution < -0.4 is 4.74 Å². The highest BCUT2D eigenvalue weighted by atomic mass is 35.5. The molecule has 0 bridgehead atoms. The zero-order chi connectivity index (χ0) is 16.5. The van der Waals surface area contributed by atoms with Crippen LogP contribution in [-0.2, 0) is 0 Å². The molecule has 1 aromatic carbocycles. The normalized spacial score (nSPS) is 10.7. The first-order chi connectivity index (χ1) is 11.2. The van der Waals surface area contributed by atoms with Crippen molar-refractivity contribution in [3.05, 3.63) is 46.7 Å². The van der Waals surface area contributed by atoms with Gasteiger partial charge >= 0.3 is 0 Å². The molecule has 0 fully saturated rings. The first-order valence-electron chi connectivity index (χ1n) is 8.25. The lowest BCUT2D eigenvalue weighted by molar-refractivity contribution is 0.304. The topological polar surface area (TPSA) is 22.1 Å². The fourth-order valence-electron chi connectivity index (χ4n) is 2.40. The van der Waals surface area contributed by atoms with E-state index in [4.69, 9.17) is 27.9 Å². The Hall–Kier alpha value is -1.25. The lowest BCUT2D eigenvalue weighted by Gasteiger charge is -2.08. The van der Waals surface area contributed by atoms with Crippen molar-refractivity contribution < 1.29 is 4.74 Å². The van der Waals surface area contributed by atoms with Gasteiger partial charge in [-0.15, -0.1) is 0 Å². The Labute approximate surface area is 148 Å². The molecule has 0 unspecified atom stereocenters. The molecule has 1 aromatic heterocycles. The number of hydrogen-bond donors (Lipinski definition) is 0. The Morgan fingerprint density at radius 3 is 2.30 bits per heavy atom. The summed E-state index contributed by atoms with van der Waals surface area (Å²) in [6.07, 6.45) is 9.35. The van der Waals surface area contributed by atoms with Crippen molar-refractivity contribution in [2.75, 3.05) is 6.61 Å². The first kappa shape index (κ1) is 18.1. The molecule has 0 aliphatic rings. The quantitative estimate of drug-likeness (QED) is 0.366. The zero-order valence-corrected chi connectivity index (χ0v) is 15.0. The third kappa shape index (κ3) is 6.04. The monoisotopic (exact) mass is 351 g/mol. The van der Waals surface area contributed by atoms with E-state index >= 15 is 0 Å². The molecule has 4 heteroatoms. The molecule has 23 heavy (non-hydrogen) atoms. The van der Waals surface area contributed by atoms with Crippen LogP contribution in [0.4, 0.5) is 0 Å². The predicted molar refractivity (Wildman–Crippen MR) is 98.6 cm³/mol. The molecule has 0 aliphatic carbocycles. The molecule has 2 aromatic rings. The number of rotatable bonds is 9. The van der Waals surface area contributed by atoms with Crippen molar-refractivity contribution in [2.24, 2.45) is 0 Å². The SMILES string of the molecule is CCCCCCCCOc1ccc(-c2cnc(Cl)c(Cl)c2)cc1. The summed E-state index contributed by atoms with van der Waals surface area (Å²) in [6, 6.07) is 9.81. The second kappa shape index (κ2) is 9.79. The molecule has 0 aliphatic heterocycles. The van der Waals surface area contributed by atoms with Gasteiger partial charge in [-0.25, -0.2) is 4.98 Å². The molecule has 2 rings (SSSR count). The van der Waals surface area contributed by atoms with Crippen molar-refractivity contribution in [1.82, 2.24) is 4.98 Å². The van der Waals surface area contributed by atoms with Crippen LogP contribution in [-0.4, -0.2) is 11.6 Å². The maximum absolute atomic E-state index is 6.01. The second-order valence-electron chi connectivity index (χ2n) is 5.64. The summed E-state index contributed by atoms with van der Waals surface area (Å²) in [7, 11) is 0. The van der Waals surface area contributed by atoms with E-state index in [1.165, 1.54) is 32.1 Å². The summed E-state index contributed by atoms with van der Waals surface area (Å²) < 4.78 is 5.78. The lowest BCUT2D eigenvalue weighted by atomic mass is 10.1. The van der Waals surface area contributed by atoms with E-state index in [-0.39, 0.29) is 0 Å². The van der Waals surface area contributed by atoms with E-state index in [1.54, 1.807) is 6.20 Å². The highest BCUT2D eigenvalue weighted by molar-refractivity contribution is 6.41. The molecule has 0 saturated carbocycles. The highest BCUT2D eigenvalue weighted by Crippen LogP contribution is 2.27. The molecule has 2 nitrogen and oxygen atoms in total. The number of unbranched alkanes of at least 4 members (excludes halogenated alkanes) is 5. The van der Waals surface area contributed by atoms with Gasteiger partial charge < -0.3 is 4.74 Å². The maximum atomic E-state index is 6.01.